The average Bonchev–Trinajstić information content (AvgIpc) is 2.41. The van der Waals surface area contributed by atoms with Crippen LogP contribution in [0.4, 0.5) is 0 Å². The van der Waals surface area contributed by atoms with E-state index >= 15 is 0 Å². The molecule has 0 heterocycles. The summed E-state index contributed by atoms with van der Waals surface area (Å²) < 4.78 is 6.26. The molecular formula is C15H15BrClNO. The highest BCUT2D eigenvalue weighted by Crippen LogP contribution is 2.33. The maximum absolute atomic E-state index is 6.33. The van der Waals surface area contributed by atoms with Crippen molar-refractivity contribution >= 4 is 27.5 Å². The van der Waals surface area contributed by atoms with Gasteiger partial charge in [0.1, 0.15) is 5.75 Å². The Balaban J connectivity index is 2.44. The second-order valence-electron chi connectivity index (χ2n) is 4.35. The third kappa shape index (κ3) is 2.94. The molecule has 1 atom stereocenters. The number of rotatable bonds is 3. The van der Waals surface area contributed by atoms with Crippen molar-refractivity contribution in [3.8, 4) is 5.75 Å². The van der Waals surface area contributed by atoms with Crippen LogP contribution in [-0.4, -0.2) is 7.11 Å². The van der Waals surface area contributed by atoms with E-state index in [0.717, 1.165) is 21.2 Å². The van der Waals surface area contributed by atoms with Gasteiger partial charge in [-0.3, -0.25) is 0 Å². The van der Waals surface area contributed by atoms with Gasteiger partial charge < -0.3 is 10.5 Å². The summed E-state index contributed by atoms with van der Waals surface area (Å²) in [5.41, 5.74) is 9.50. The standard InChI is InChI=1S/C15H15BrClNO/c1-9-4-3-5-11(14(9)16)15(18)10-6-7-12(17)13(8-10)19-2/h3-8,15H,18H2,1-2H3. The normalized spacial score (nSPS) is 12.3. The van der Waals surface area contributed by atoms with Crippen LogP contribution >= 0.6 is 27.5 Å². The van der Waals surface area contributed by atoms with Crippen molar-refractivity contribution in [3.05, 3.63) is 62.6 Å². The monoisotopic (exact) mass is 339 g/mol. The van der Waals surface area contributed by atoms with Crippen molar-refractivity contribution < 1.29 is 4.74 Å². The molecule has 0 aromatic heterocycles. The van der Waals surface area contributed by atoms with Gasteiger partial charge in [-0.25, -0.2) is 0 Å². The molecule has 2 aromatic carbocycles. The first-order valence-electron chi connectivity index (χ1n) is 5.88. The molecular weight excluding hydrogens is 326 g/mol. The topological polar surface area (TPSA) is 35.2 Å². The molecule has 0 saturated carbocycles. The van der Waals surface area contributed by atoms with Crippen LogP contribution in [-0.2, 0) is 0 Å². The van der Waals surface area contributed by atoms with E-state index in [2.05, 4.69) is 15.9 Å². The first kappa shape index (κ1) is 14.4. The van der Waals surface area contributed by atoms with E-state index in [9.17, 15) is 0 Å². The number of ether oxygens (including phenoxy) is 1. The molecule has 0 radical (unpaired) electrons. The molecule has 2 nitrogen and oxygen atoms in total. The number of methoxy groups -OCH3 is 1. The number of nitrogens with two attached hydrogens (primary N) is 1. The predicted octanol–water partition coefficient (Wildman–Crippen LogP) is 4.47. The van der Waals surface area contributed by atoms with E-state index in [1.807, 2.05) is 37.3 Å². The lowest BCUT2D eigenvalue weighted by Gasteiger charge is -2.17. The van der Waals surface area contributed by atoms with Crippen LogP contribution in [0.1, 0.15) is 22.7 Å². The maximum atomic E-state index is 6.33. The number of halogens is 2. The van der Waals surface area contributed by atoms with Crippen LogP contribution < -0.4 is 10.5 Å². The van der Waals surface area contributed by atoms with E-state index in [1.165, 1.54) is 0 Å². The lowest BCUT2D eigenvalue weighted by Crippen LogP contribution is -2.13. The molecule has 0 saturated heterocycles. The van der Waals surface area contributed by atoms with Crippen molar-refractivity contribution in [2.24, 2.45) is 5.73 Å². The Bertz CT molecular complexity index is 601. The highest BCUT2D eigenvalue weighted by Gasteiger charge is 2.15. The van der Waals surface area contributed by atoms with E-state index in [4.69, 9.17) is 22.1 Å². The van der Waals surface area contributed by atoms with Crippen LogP contribution in [0.2, 0.25) is 5.02 Å². The van der Waals surface area contributed by atoms with Crippen LogP contribution in [0, 0.1) is 6.92 Å². The molecule has 0 spiro atoms. The van der Waals surface area contributed by atoms with Crippen LogP contribution in [0.15, 0.2) is 40.9 Å². The smallest absolute Gasteiger partial charge is 0.137 e. The minimum atomic E-state index is -0.222. The van der Waals surface area contributed by atoms with Gasteiger partial charge in [0.2, 0.25) is 0 Å². The van der Waals surface area contributed by atoms with Gasteiger partial charge in [-0.2, -0.15) is 0 Å². The Labute approximate surface area is 126 Å². The summed E-state index contributed by atoms with van der Waals surface area (Å²) in [5.74, 6) is 0.637. The second-order valence-corrected chi connectivity index (χ2v) is 5.55. The van der Waals surface area contributed by atoms with Crippen molar-refractivity contribution in [2.75, 3.05) is 7.11 Å². The Morgan fingerprint density at radius 3 is 2.68 bits per heavy atom. The van der Waals surface area contributed by atoms with Gasteiger partial charge in [0.05, 0.1) is 18.2 Å². The molecule has 0 fully saturated rings. The van der Waals surface area contributed by atoms with E-state index in [0.29, 0.717) is 10.8 Å². The zero-order chi connectivity index (χ0) is 14.0. The summed E-state index contributed by atoms with van der Waals surface area (Å²) in [6, 6.07) is 11.4. The summed E-state index contributed by atoms with van der Waals surface area (Å²) in [7, 11) is 1.60. The van der Waals surface area contributed by atoms with Crippen LogP contribution in [0.3, 0.4) is 0 Å². The van der Waals surface area contributed by atoms with Crippen molar-refractivity contribution in [1.82, 2.24) is 0 Å². The molecule has 4 heteroatoms. The lowest BCUT2D eigenvalue weighted by molar-refractivity contribution is 0.414. The van der Waals surface area contributed by atoms with Gasteiger partial charge in [0, 0.05) is 4.47 Å². The zero-order valence-corrected chi connectivity index (χ0v) is 13.1. The Kier molecular flexibility index (Phi) is 4.50. The molecule has 1 unspecified atom stereocenters. The molecule has 0 bridgehead atoms. The minimum Gasteiger partial charge on any atom is -0.495 e. The van der Waals surface area contributed by atoms with Gasteiger partial charge in [-0.15, -0.1) is 0 Å². The maximum Gasteiger partial charge on any atom is 0.137 e. The van der Waals surface area contributed by atoms with Gasteiger partial charge in [0.25, 0.3) is 0 Å². The van der Waals surface area contributed by atoms with E-state index in [1.54, 1.807) is 13.2 Å². The highest BCUT2D eigenvalue weighted by molar-refractivity contribution is 9.10. The number of benzene rings is 2. The van der Waals surface area contributed by atoms with Gasteiger partial charge >= 0.3 is 0 Å². The largest absolute Gasteiger partial charge is 0.495 e. The van der Waals surface area contributed by atoms with Crippen molar-refractivity contribution in [1.29, 1.82) is 0 Å². The molecule has 100 valence electrons. The first-order valence-corrected chi connectivity index (χ1v) is 7.05. The molecule has 2 aromatic rings. The fraction of sp³-hybridized carbons (Fsp3) is 0.200. The quantitative estimate of drug-likeness (QED) is 0.895. The van der Waals surface area contributed by atoms with E-state index in [-0.39, 0.29) is 6.04 Å². The third-order valence-corrected chi connectivity index (χ3v) is 4.49. The minimum absolute atomic E-state index is 0.222. The Morgan fingerprint density at radius 1 is 1.26 bits per heavy atom. The van der Waals surface area contributed by atoms with Crippen molar-refractivity contribution in [3.63, 3.8) is 0 Å². The first-order chi connectivity index (χ1) is 9.04. The summed E-state index contributed by atoms with van der Waals surface area (Å²) >= 11 is 9.62. The zero-order valence-electron chi connectivity index (χ0n) is 10.8. The summed E-state index contributed by atoms with van der Waals surface area (Å²) in [6.45, 7) is 2.04. The molecule has 0 amide bonds. The SMILES string of the molecule is COc1cc(C(N)c2cccc(C)c2Br)ccc1Cl. The van der Waals surface area contributed by atoms with Gasteiger partial charge in [0.15, 0.2) is 0 Å². The summed E-state index contributed by atoms with van der Waals surface area (Å²) in [5, 5.41) is 0.585. The molecule has 19 heavy (non-hydrogen) atoms. The summed E-state index contributed by atoms with van der Waals surface area (Å²) in [4.78, 5) is 0. The molecule has 2 N–H and O–H groups in total. The molecule has 0 aliphatic carbocycles. The Morgan fingerprint density at radius 2 is 2.00 bits per heavy atom. The fourth-order valence-corrected chi connectivity index (χ4v) is 2.67. The van der Waals surface area contributed by atoms with Crippen molar-refractivity contribution in [2.45, 2.75) is 13.0 Å². The lowest BCUT2D eigenvalue weighted by atomic mass is 9.98. The van der Waals surface area contributed by atoms with E-state index < -0.39 is 0 Å². The van der Waals surface area contributed by atoms with Crippen LogP contribution in [0.25, 0.3) is 0 Å². The highest BCUT2D eigenvalue weighted by atomic mass is 79.9. The third-order valence-electron chi connectivity index (χ3n) is 3.09. The summed E-state index contributed by atoms with van der Waals surface area (Å²) in [6.07, 6.45) is 0. The number of hydrogen-bond donors (Lipinski definition) is 1. The molecule has 0 aliphatic heterocycles. The Hall–Kier alpha value is -1.03. The number of hydrogen-bond acceptors (Lipinski definition) is 2. The van der Waals surface area contributed by atoms with Crippen LogP contribution in [0.5, 0.6) is 5.75 Å². The fourth-order valence-electron chi connectivity index (χ4n) is 1.96. The van der Waals surface area contributed by atoms with Gasteiger partial charge in [-0.05, 0) is 35.7 Å². The number of aryl methyl sites for hydroxylation is 1. The predicted molar refractivity (Wildman–Crippen MR) is 82.9 cm³/mol. The van der Waals surface area contributed by atoms with Gasteiger partial charge in [-0.1, -0.05) is 51.8 Å². The average molecular weight is 341 g/mol. The second kappa shape index (κ2) is 5.95. The molecule has 0 aliphatic rings. The molecule has 2 rings (SSSR count).